The second-order valence-corrected chi connectivity index (χ2v) is 8.56. The minimum atomic E-state index is -0.351. The van der Waals surface area contributed by atoms with Crippen molar-refractivity contribution in [2.75, 3.05) is 11.9 Å². The van der Waals surface area contributed by atoms with Gasteiger partial charge in [-0.05, 0) is 24.1 Å². The van der Waals surface area contributed by atoms with Crippen LogP contribution in [0.15, 0.2) is 18.2 Å². The normalized spacial score (nSPS) is 13.7. The van der Waals surface area contributed by atoms with E-state index < -0.39 is 0 Å². The number of benzene rings is 1. The van der Waals surface area contributed by atoms with Crippen molar-refractivity contribution in [1.29, 1.82) is 0 Å². The van der Waals surface area contributed by atoms with Crippen molar-refractivity contribution in [3.63, 3.8) is 0 Å². The van der Waals surface area contributed by atoms with E-state index in [2.05, 4.69) is 10.3 Å². The van der Waals surface area contributed by atoms with Crippen molar-refractivity contribution in [3.8, 4) is 0 Å². The number of carbonyl (C=O) groups is 2. The average Bonchev–Trinajstić information content (AvgIpc) is 2.97. The summed E-state index contributed by atoms with van der Waals surface area (Å²) in [7, 11) is 0. The Labute approximate surface area is 166 Å². The van der Waals surface area contributed by atoms with E-state index in [1.54, 1.807) is 12.1 Å². The number of fused-ring (bicyclic) bond motifs is 1. The smallest absolute Gasteiger partial charge is 0.259 e. The predicted molar refractivity (Wildman–Crippen MR) is 105 cm³/mol. The van der Waals surface area contributed by atoms with E-state index >= 15 is 0 Å². The number of halogens is 2. The van der Waals surface area contributed by atoms with Gasteiger partial charge >= 0.3 is 0 Å². The monoisotopic (exact) mass is 411 g/mol. The fourth-order valence-corrected chi connectivity index (χ4v) is 4.17. The number of amides is 2. The molecule has 1 aromatic heterocycles. The van der Waals surface area contributed by atoms with E-state index in [1.165, 1.54) is 17.4 Å². The molecule has 1 N–H and O–H groups in total. The number of hydrogen-bond acceptors (Lipinski definition) is 4. The molecular formula is C18H19Cl2N3O2S. The summed E-state index contributed by atoms with van der Waals surface area (Å²) in [4.78, 5) is 32.1. The zero-order valence-electron chi connectivity index (χ0n) is 14.5. The molecule has 0 saturated heterocycles. The number of hydrogen-bond donors (Lipinski definition) is 1. The predicted octanol–water partition coefficient (Wildman–Crippen LogP) is 4.63. The molecule has 1 aliphatic rings. The molecule has 2 aromatic rings. The first-order chi connectivity index (χ1) is 12.3. The Hall–Kier alpha value is -1.63. The average molecular weight is 412 g/mol. The maximum Gasteiger partial charge on any atom is 0.259 e. The molecule has 0 fully saturated rings. The zero-order valence-corrected chi connectivity index (χ0v) is 16.8. The van der Waals surface area contributed by atoms with Crippen LogP contribution in [0.5, 0.6) is 0 Å². The third kappa shape index (κ3) is 4.37. The van der Waals surface area contributed by atoms with Crippen molar-refractivity contribution < 1.29 is 9.59 Å². The van der Waals surface area contributed by atoms with Crippen LogP contribution < -0.4 is 5.32 Å². The molecule has 0 spiro atoms. The standard InChI is InChI=1S/C18H19Cl2N3O2S/c1-10(2)7-16(24)23-6-5-14-15(9-23)26-18(21-14)22-17(25)12-8-11(19)3-4-13(12)20/h3-4,8,10H,5-7,9H2,1-2H3,(H,21,22,25). The fraction of sp³-hybridized carbons (Fsp3) is 0.389. The van der Waals surface area contributed by atoms with Gasteiger partial charge in [-0.1, -0.05) is 48.4 Å². The number of carbonyl (C=O) groups excluding carboxylic acids is 2. The molecule has 26 heavy (non-hydrogen) atoms. The van der Waals surface area contributed by atoms with Gasteiger partial charge in [-0.15, -0.1) is 0 Å². The van der Waals surface area contributed by atoms with Crippen molar-refractivity contribution >= 4 is 51.5 Å². The van der Waals surface area contributed by atoms with Crippen LogP contribution in [0.3, 0.4) is 0 Å². The first-order valence-electron chi connectivity index (χ1n) is 8.36. The fourth-order valence-electron chi connectivity index (χ4n) is 2.78. The highest BCUT2D eigenvalue weighted by Gasteiger charge is 2.25. The molecule has 0 unspecified atom stereocenters. The third-order valence-corrected chi connectivity index (χ3v) is 5.62. The summed E-state index contributed by atoms with van der Waals surface area (Å²) >= 11 is 13.4. The summed E-state index contributed by atoms with van der Waals surface area (Å²) < 4.78 is 0. The molecule has 3 rings (SSSR count). The highest BCUT2D eigenvalue weighted by Crippen LogP contribution is 2.30. The van der Waals surface area contributed by atoms with E-state index in [0.717, 1.165) is 10.6 Å². The van der Waals surface area contributed by atoms with Gasteiger partial charge in [0.15, 0.2) is 5.13 Å². The summed E-state index contributed by atoms with van der Waals surface area (Å²) in [6, 6.07) is 4.74. The number of thiazole rings is 1. The number of anilines is 1. The maximum absolute atomic E-state index is 12.4. The van der Waals surface area contributed by atoms with E-state index in [1.807, 2.05) is 18.7 Å². The first kappa shape index (κ1) is 19.1. The molecule has 8 heteroatoms. The molecule has 2 amide bonds. The Bertz CT molecular complexity index is 851. The zero-order chi connectivity index (χ0) is 18.8. The first-order valence-corrected chi connectivity index (χ1v) is 9.93. The largest absolute Gasteiger partial charge is 0.337 e. The molecular weight excluding hydrogens is 393 g/mol. The van der Waals surface area contributed by atoms with Gasteiger partial charge < -0.3 is 4.90 Å². The maximum atomic E-state index is 12.4. The Morgan fingerprint density at radius 2 is 2.12 bits per heavy atom. The van der Waals surface area contributed by atoms with E-state index in [9.17, 15) is 9.59 Å². The SMILES string of the molecule is CC(C)CC(=O)N1CCc2nc(NC(=O)c3cc(Cl)ccc3Cl)sc2C1. The lowest BCUT2D eigenvalue weighted by molar-refractivity contribution is -0.132. The van der Waals surface area contributed by atoms with Crippen molar-refractivity contribution in [3.05, 3.63) is 44.4 Å². The topological polar surface area (TPSA) is 62.3 Å². The Balaban J connectivity index is 1.71. The molecule has 1 aliphatic heterocycles. The van der Waals surface area contributed by atoms with Gasteiger partial charge in [-0.25, -0.2) is 4.98 Å². The van der Waals surface area contributed by atoms with E-state index in [4.69, 9.17) is 23.2 Å². The van der Waals surface area contributed by atoms with Gasteiger partial charge in [0.05, 0.1) is 22.8 Å². The lowest BCUT2D eigenvalue weighted by atomic mass is 10.1. The van der Waals surface area contributed by atoms with Crippen molar-refractivity contribution in [2.45, 2.75) is 33.2 Å². The molecule has 138 valence electrons. The Morgan fingerprint density at radius 3 is 2.85 bits per heavy atom. The second-order valence-electron chi connectivity index (χ2n) is 6.63. The molecule has 2 heterocycles. The molecule has 5 nitrogen and oxygen atoms in total. The van der Waals surface area contributed by atoms with Gasteiger partial charge in [0, 0.05) is 29.3 Å². The quantitative estimate of drug-likeness (QED) is 0.796. The minimum Gasteiger partial charge on any atom is -0.337 e. The van der Waals surface area contributed by atoms with Crippen molar-refractivity contribution in [1.82, 2.24) is 9.88 Å². The molecule has 0 bridgehead atoms. The van der Waals surface area contributed by atoms with Gasteiger partial charge in [0.1, 0.15) is 0 Å². The van der Waals surface area contributed by atoms with Gasteiger partial charge in [-0.3, -0.25) is 14.9 Å². The van der Waals surface area contributed by atoms with Crippen LogP contribution in [0, 0.1) is 5.92 Å². The lowest BCUT2D eigenvalue weighted by Gasteiger charge is -2.26. The summed E-state index contributed by atoms with van der Waals surface area (Å²) in [6.07, 6.45) is 1.24. The summed E-state index contributed by atoms with van der Waals surface area (Å²) in [6.45, 7) is 5.28. The van der Waals surface area contributed by atoms with Crippen LogP contribution in [-0.4, -0.2) is 28.2 Å². The van der Waals surface area contributed by atoms with Crippen molar-refractivity contribution in [2.24, 2.45) is 5.92 Å². The summed E-state index contributed by atoms with van der Waals surface area (Å²) in [5.74, 6) is 0.148. The highest BCUT2D eigenvalue weighted by molar-refractivity contribution is 7.15. The van der Waals surface area contributed by atoms with E-state index in [-0.39, 0.29) is 11.8 Å². The van der Waals surface area contributed by atoms with Crippen LogP contribution in [0.2, 0.25) is 10.0 Å². The van der Waals surface area contributed by atoms with Gasteiger partial charge in [-0.2, -0.15) is 0 Å². The molecule has 0 aliphatic carbocycles. The summed E-state index contributed by atoms with van der Waals surface area (Å²) in [5, 5.41) is 4.06. The molecule has 0 radical (unpaired) electrons. The van der Waals surface area contributed by atoms with Crippen LogP contribution >= 0.6 is 34.5 Å². The van der Waals surface area contributed by atoms with Gasteiger partial charge in [0.2, 0.25) is 5.91 Å². The third-order valence-electron chi connectivity index (χ3n) is 4.06. The highest BCUT2D eigenvalue weighted by atomic mass is 35.5. The lowest BCUT2D eigenvalue weighted by Crippen LogP contribution is -2.36. The minimum absolute atomic E-state index is 0.162. The van der Waals surface area contributed by atoms with Crippen LogP contribution in [-0.2, 0) is 17.8 Å². The number of rotatable bonds is 4. The van der Waals surface area contributed by atoms with Crippen LogP contribution in [0.1, 0.15) is 41.2 Å². The number of nitrogens with zero attached hydrogens (tertiary/aromatic N) is 2. The Morgan fingerprint density at radius 1 is 1.35 bits per heavy atom. The number of aromatic nitrogens is 1. The van der Waals surface area contributed by atoms with E-state index in [0.29, 0.717) is 52.6 Å². The Kier molecular flexibility index (Phi) is 5.85. The number of nitrogens with one attached hydrogen (secondary N) is 1. The second kappa shape index (κ2) is 7.94. The van der Waals surface area contributed by atoms with Crippen LogP contribution in [0.4, 0.5) is 5.13 Å². The molecule has 0 saturated carbocycles. The molecule has 1 aromatic carbocycles. The molecule has 0 atom stereocenters. The summed E-state index contributed by atoms with van der Waals surface area (Å²) in [5.41, 5.74) is 1.25. The van der Waals surface area contributed by atoms with Gasteiger partial charge in [0.25, 0.3) is 5.91 Å². The van der Waals surface area contributed by atoms with Crippen LogP contribution in [0.25, 0.3) is 0 Å².